The average Bonchev–Trinajstić information content (AvgIpc) is 2.19. The van der Waals surface area contributed by atoms with Crippen LogP contribution in [-0.4, -0.2) is 47.1 Å². The van der Waals surface area contributed by atoms with Gasteiger partial charge in [0.1, 0.15) is 0 Å². The van der Waals surface area contributed by atoms with E-state index < -0.39 is 0 Å². The second-order valence-electron chi connectivity index (χ2n) is 2.23. The van der Waals surface area contributed by atoms with E-state index >= 15 is 0 Å². The summed E-state index contributed by atoms with van der Waals surface area (Å²) in [6, 6.07) is 0. The van der Waals surface area contributed by atoms with Crippen LogP contribution in [0.15, 0.2) is 0 Å². The third-order valence-corrected chi connectivity index (χ3v) is 2.28. The summed E-state index contributed by atoms with van der Waals surface area (Å²) in [6.45, 7) is 1.54. The highest BCUT2D eigenvalue weighted by Crippen LogP contribution is 2.04. The standard InChI is InChI=1S/C5H13NO6S2/c1-6(2-4-13-11-9-7)3-5-14-12-10-8/h7-8H,2-5H2,1H3. The molecule has 0 atom stereocenters. The number of rotatable bonds is 10. The Hall–Kier alpha value is 0.420. The Morgan fingerprint density at radius 2 is 1.43 bits per heavy atom. The van der Waals surface area contributed by atoms with Crippen LogP contribution in [-0.2, 0) is 18.7 Å². The van der Waals surface area contributed by atoms with Crippen LogP contribution in [0.4, 0.5) is 0 Å². The van der Waals surface area contributed by atoms with Crippen molar-refractivity contribution in [2.45, 2.75) is 0 Å². The Balaban J connectivity index is 3.07. The molecule has 0 amide bonds. The van der Waals surface area contributed by atoms with Gasteiger partial charge in [-0.3, -0.25) is 0 Å². The minimum Gasteiger partial charge on any atom is -0.305 e. The fourth-order valence-corrected chi connectivity index (χ4v) is 1.60. The van der Waals surface area contributed by atoms with Crippen LogP contribution in [0.2, 0.25) is 0 Å². The predicted octanol–water partition coefficient (Wildman–Crippen LogP) is 1.06. The van der Waals surface area contributed by atoms with Gasteiger partial charge in [-0.1, -0.05) is 10.1 Å². The molecule has 0 aliphatic carbocycles. The van der Waals surface area contributed by atoms with Gasteiger partial charge in [0.15, 0.2) is 0 Å². The molecule has 0 spiro atoms. The van der Waals surface area contributed by atoms with E-state index in [1.54, 1.807) is 0 Å². The van der Waals surface area contributed by atoms with Crippen molar-refractivity contribution in [3.63, 3.8) is 0 Å². The Morgan fingerprint density at radius 3 is 1.79 bits per heavy atom. The van der Waals surface area contributed by atoms with Crippen molar-refractivity contribution < 1.29 is 29.3 Å². The molecule has 0 rings (SSSR count). The third-order valence-electron chi connectivity index (χ3n) is 1.27. The zero-order chi connectivity index (χ0) is 10.6. The Labute approximate surface area is 90.4 Å². The van der Waals surface area contributed by atoms with Crippen LogP contribution >= 0.6 is 24.1 Å². The fraction of sp³-hybridized carbons (Fsp3) is 1.00. The number of hydrogen-bond donors (Lipinski definition) is 2. The van der Waals surface area contributed by atoms with E-state index in [-0.39, 0.29) is 0 Å². The summed E-state index contributed by atoms with van der Waals surface area (Å²) < 4.78 is 8.38. The van der Waals surface area contributed by atoms with Gasteiger partial charge < -0.3 is 4.90 Å². The smallest absolute Gasteiger partial charge is 0.0359 e. The van der Waals surface area contributed by atoms with Crippen LogP contribution in [0.5, 0.6) is 0 Å². The lowest BCUT2D eigenvalue weighted by Gasteiger charge is -2.14. The Kier molecular flexibility index (Phi) is 11.8. The lowest BCUT2D eigenvalue weighted by Crippen LogP contribution is -2.24. The van der Waals surface area contributed by atoms with Crippen molar-refractivity contribution in [3.05, 3.63) is 0 Å². The molecule has 0 bridgehead atoms. The van der Waals surface area contributed by atoms with Crippen molar-refractivity contribution in [2.24, 2.45) is 0 Å². The molecule has 0 unspecified atom stereocenters. The molecule has 0 aromatic rings. The normalized spacial score (nSPS) is 11.1. The molecule has 2 N–H and O–H groups in total. The molecule has 86 valence electrons. The van der Waals surface area contributed by atoms with Crippen LogP contribution in [0.3, 0.4) is 0 Å². The summed E-state index contributed by atoms with van der Waals surface area (Å²) in [5.74, 6) is 1.33. The number of hydrogen-bond acceptors (Lipinski definition) is 9. The lowest BCUT2D eigenvalue weighted by molar-refractivity contribution is -0.432. The van der Waals surface area contributed by atoms with Gasteiger partial charge in [0, 0.05) is 48.7 Å². The van der Waals surface area contributed by atoms with Gasteiger partial charge in [-0.05, 0) is 7.05 Å². The van der Waals surface area contributed by atoms with E-state index in [2.05, 4.69) is 18.7 Å². The van der Waals surface area contributed by atoms with Crippen LogP contribution in [0.25, 0.3) is 0 Å². The molecule has 0 aromatic heterocycles. The first-order valence-corrected chi connectivity index (χ1v) is 5.51. The van der Waals surface area contributed by atoms with Crippen molar-refractivity contribution in [1.29, 1.82) is 0 Å². The topological polar surface area (TPSA) is 80.6 Å². The summed E-state index contributed by atoms with van der Waals surface area (Å²) in [7, 11) is 1.92. The Bertz CT molecular complexity index is 108. The van der Waals surface area contributed by atoms with Crippen molar-refractivity contribution in [1.82, 2.24) is 4.90 Å². The maximum absolute atomic E-state index is 7.82. The maximum Gasteiger partial charge on any atom is 0.0359 e. The predicted molar refractivity (Wildman–Crippen MR) is 52.0 cm³/mol. The molecular weight excluding hydrogens is 234 g/mol. The molecule has 0 fully saturated rings. The highest BCUT2D eigenvalue weighted by atomic mass is 32.2. The summed E-state index contributed by atoms with van der Waals surface area (Å²) in [5, 5.41) is 22.5. The molecule has 0 saturated heterocycles. The van der Waals surface area contributed by atoms with Gasteiger partial charge in [0.2, 0.25) is 0 Å². The van der Waals surface area contributed by atoms with Crippen molar-refractivity contribution in [2.75, 3.05) is 31.6 Å². The molecule has 0 radical (unpaired) electrons. The third kappa shape index (κ3) is 10.5. The van der Waals surface area contributed by atoms with E-state index in [1.807, 2.05) is 11.9 Å². The summed E-state index contributed by atoms with van der Waals surface area (Å²) in [6.07, 6.45) is 0. The lowest BCUT2D eigenvalue weighted by atomic mass is 10.6. The summed E-state index contributed by atoms with van der Waals surface area (Å²) >= 11 is 2.02. The fourth-order valence-electron chi connectivity index (χ4n) is 0.609. The molecule has 0 saturated carbocycles. The van der Waals surface area contributed by atoms with E-state index in [9.17, 15) is 0 Å². The number of nitrogens with zero attached hydrogens (tertiary/aromatic N) is 1. The summed E-state index contributed by atoms with van der Waals surface area (Å²) in [4.78, 5) is 2.02. The van der Waals surface area contributed by atoms with Gasteiger partial charge in [-0.25, -0.2) is 10.5 Å². The molecule has 0 aliphatic rings. The van der Waals surface area contributed by atoms with Gasteiger partial charge >= 0.3 is 0 Å². The second-order valence-corrected chi connectivity index (χ2v) is 3.79. The first kappa shape index (κ1) is 14.4. The minimum absolute atomic E-state index is 0.666. The largest absolute Gasteiger partial charge is 0.305 e. The zero-order valence-corrected chi connectivity index (χ0v) is 9.25. The molecule has 9 heteroatoms. The van der Waals surface area contributed by atoms with Crippen LogP contribution in [0, 0.1) is 0 Å². The van der Waals surface area contributed by atoms with Gasteiger partial charge in [-0.2, -0.15) is 0 Å². The molecule has 7 nitrogen and oxygen atoms in total. The van der Waals surface area contributed by atoms with Gasteiger partial charge in [-0.15, -0.1) is 8.67 Å². The molecule has 0 aromatic carbocycles. The molecule has 14 heavy (non-hydrogen) atoms. The van der Waals surface area contributed by atoms with Crippen LogP contribution in [0.1, 0.15) is 0 Å². The minimum atomic E-state index is 0.666. The van der Waals surface area contributed by atoms with Gasteiger partial charge in [0.05, 0.1) is 0 Å². The quantitative estimate of drug-likeness (QED) is 0.255. The highest BCUT2D eigenvalue weighted by molar-refractivity contribution is 7.94. The van der Waals surface area contributed by atoms with E-state index in [0.29, 0.717) is 11.5 Å². The monoisotopic (exact) mass is 247 g/mol. The van der Waals surface area contributed by atoms with E-state index in [0.717, 1.165) is 37.2 Å². The molecular formula is C5H13NO6S2. The van der Waals surface area contributed by atoms with Crippen molar-refractivity contribution in [3.8, 4) is 0 Å². The molecule has 0 aliphatic heterocycles. The average molecular weight is 247 g/mol. The van der Waals surface area contributed by atoms with Crippen molar-refractivity contribution >= 4 is 24.1 Å². The maximum atomic E-state index is 7.82. The summed E-state index contributed by atoms with van der Waals surface area (Å²) in [5.41, 5.74) is 0. The van der Waals surface area contributed by atoms with Gasteiger partial charge in [0.25, 0.3) is 0 Å². The first-order chi connectivity index (χ1) is 6.81. The molecule has 0 heterocycles. The first-order valence-electron chi connectivity index (χ1n) is 3.69. The zero-order valence-electron chi connectivity index (χ0n) is 7.62. The highest BCUT2D eigenvalue weighted by Gasteiger charge is 1.99. The second kappa shape index (κ2) is 11.5. The van der Waals surface area contributed by atoms with E-state index in [4.69, 9.17) is 10.5 Å². The van der Waals surface area contributed by atoms with Crippen LogP contribution < -0.4 is 0 Å². The Morgan fingerprint density at radius 1 is 1.00 bits per heavy atom. The van der Waals surface area contributed by atoms with E-state index in [1.165, 1.54) is 0 Å². The SMILES string of the molecule is CN(CCSOOO)CCSOOO.